The standard InChI is InChI=1S/C15H24O4/c1-13(12(18)19)5-4-6-14(2)9-8(16)7-15(14,3)11(17)10(9)13/h8-11,16-17H,4-7H2,1-3H3,(H,18,19). The van der Waals surface area contributed by atoms with Gasteiger partial charge in [0.25, 0.3) is 0 Å². The molecule has 4 nitrogen and oxygen atoms in total. The number of aliphatic hydroxyl groups excluding tert-OH is 2. The van der Waals surface area contributed by atoms with Gasteiger partial charge in [0.2, 0.25) is 0 Å². The Morgan fingerprint density at radius 1 is 1.05 bits per heavy atom. The molecule has 3 N–H and O–H groups in total. The van der Waals surface area contributed by atoms with Gasteiger partial charge in [-0.25, -0.2) is 0 Å². The molecule has 4 heteroatoms. The van der Waals surface area contributed by atoms with Crippen LogP contribution in [0, 0.1) is 28.1 Å². The van der Waals surface area contributed by atoms with Gasteiger partial charge in [0.05, 0.1) is 17.6 Å². The Morgan fingerprint density at radius 3 is 2.26 bits per heavy atom. The summed E-state index contributed by atoms with van der Waals surface area (Å²) in [5.74, 6) is -1.24. The molecule has 7 atom stereocenters. The second kappa shape index (κ2) is 3.53. The fourth-order valence-corrected chi connectivity index (χ4v) is 5.72. The first-order chi connectivity index (χ1) is 8.68. The Balaban J connectivity index is 2.17. The van der Waals surface area contributed by atoms with Crippen LogP contribution in [-0.4, -0.2) is 33.5 Å². The molecule has 7 unspecified atom stereocenters. The van der Waals surface area contributed by atoms with Crippen LogP contribution in [0.1, 0.15) is 46.5 Å². The molecule has 108 valence electrons. The van der Waals surface area contributed by atoms with Crippen molar-refractivity contribution in [1.29, 1.82) is 0 Å². The molecular weight excluding hydrogens is 244 g/mol. The van der Waals surface area contributed by atoms with Crippen molar-refractivity contribution in [2.45, 2.75) is 58.7 Å². The molecule has 0 radical (unpaired) electrons. The maximum Gasteiger partial charge on any atom is 0.309 e. The summed E-state index contributed by atoms with van der Waals surface area (Å²) >= 11 is 0. The molecule has 3 rings (SSSR count). The lowest BCUT2D eigenvalue weighted by Crippen LogP contribution is -2.50. The van der Waals surface area contributed by atoms with E-state index in [2.05, 4.69) is 6.92 Å². The lowest BCUT2D eigenvalue weighted by molar-refractivity contribution is -0.162. The first kappa shape index (κ1) is 13.4. The van der Waals surface area contributed by atoms with E-state index in [9.17, 15) is 20.1 Å². The lowest BCUT2D eigenvalue weighted by Gasteiger charge is -2.44. The molecule has 3 aliphatic rings. The summed E-state index contributed by atoms with van der Waals surface area (Å²) in [7, 11) is 0. The van der Waals surface area contributed by atoms with E-state index in [4.69, 9.17) is 0 Å². The maximum atomic E-state index is 11.8. The zero-order valence-electron chi connectivity index (χ0n) is 11.9. The highest BCUT2D eigenvalue weighted by Gasteiger charge is 2.75. The predicted molar refractivity (Wildman–Crippen MR) is 69.4 cm³/mol. The van der Waals surface area contributed by atoms with Gasteiger partial charge in [-0.1, -0.05) is 20.3 Å². The van der Waals surface area contributed by atoms with Gasteiger partial charge in [-0.15, -0.1) is 0 Å². The van der Waals surface area contributed by atoms with Gasteiger partial charge in [-0.3, -0.25) is 4.79 Å². The van der Waals surface area contributed by atoms with Crippen molar-refractivity contribution >= 4 is 5.97 Å². The summed E-state index contributed by atoms with van der Waals surface area (Å²) < 4.78 is 0. The predicted octanol–water partition coefficient (Wildman–Crippen LogP) is 1.65. The number of hydrogen-bond acceptors (Lipinski definition) is 3. The number of carboxylic acid groups (broad SMARTS) is 1. The molecule has 4 bridgehead atoms. The molecule has 0 aromatic heterocycles. The van der Waals surface area contributed by atoms with E-state index in [1.165, 1.54) is 0 Å². The first-order valence-electron chi connectivity index (χ1n) is 7.28. The Morgan fingerprint density at radius 2 is 1.68 bits per heavy atom. The molecule has 0 saturated heterocycles. The van der Waals surface area contributed by atoms with Crippen molar-refractivity contribution in [2.24, 2.45) is 28.1 Å². The topological polar surface area (TPSA) is 77.8 Å². The average molecular weight is 268 g/mol. The SMILES string of the molecule is CC1(C(=O)O)CCCC2(C)C3C(O)CC2(C)C(O)C31. The molecular formula is C15H24O4. The Bertz CT molecular complexity index is 436. The molecule has 3 fully saturated rings. The van der Waals surface area contributed by atoms with Crippen LogP contribution in [0.25, 0.3) is 0 Å². The molecule has 3 aliphatic carbocycles. The Labute approximate surface area is 113 Å². The van der Waals surface area contributed by atoms with E-state index in [1.54, 1.807) is 6.92 Å². The lowest BCUT2D eigenvalue weighted by atomic mass is 9.62. The van der Waals surface area contributed by atoms with Crippen LogP contribution < -0.4 is 0 Å². The minimum atomic E-state index is -0.916. The first-order valence-corrected chi connectivity index (χ1v) is 7.28. The number of aliphatic hydroxyl groups is 2. The fourth-order valence-electron chi connectivity index (χ4n) is 5.72. The molecule has 0 heterocycles. The van der Waals surface area contributed by atoms with Gasteiger partial charge < -0.3 is 15.3 Å². The van der Waals surface area contributed by atoms with E-state index in [1.807, 2.05) is 6.92 Å². The van der Waals surface area contributed by atoms with Crippen LogP contribution in [0.4, 0.5) is 0 Å². The zero-order valence-corrected chi connectivity index (χ0v) is 11.9. The van der Waals surface area contributed by atoms with Gasteiger partial charge >= 0.3 is 5.97 Å². The van der Waals surface area contributed by atoms with Crippen LogP contribution in [0.2, 0.25) is 0 Å². The van der Waals surface area contributed by atoms with E-state index >= 15 is 0 Å². The second-order valence-corrected chi connectivity index (χ2v) is 7.68. The summed E-state index contributed by atoms with van der Waals surface area (Å²) in [6.45, 7) is 5.94. The highest BCUT2D eigenvalue weighted by molar-refractivity contribution is 5.75. The van der Waals surface area contributed by atoms with Crippen molar-refractivity contribution in [3.05, 3.63) is 0 Å². The minimum absolute atomic E-state index is 0.0869. The Kier molecular flexibility index (Phi) is 2.48. The fraction of sp³-hybridized carbons (Fsp3) is 0.933. The van der Waals surface area contributed by atoms with Gasteiger partial charge in [0, 0.05) is 11.3 Å². The highest BCUT2D eigenvalue weighted by atomic mass is 16.4. The third-order valence-electron chi connectivity index (χ3n) is 7.08. The monoisotopic (exact) mass is 268 g/mol. The third-order valence-corrected chi connectivity index (χ3v) is 7.08. The van der Waals surface area contributed by atoms with Gasteiger partial charge in [0.1, 0.15) is 0 Å². The average Bonchev–Trinajstić information content (AvgIpc) is 2.53. The molecule has 0 amide bonds. The van der Waals surface area contributed by atoms with E-state index in [0.717, 1.165) is 12.8 Å². The van der Waals surface area contributed by atoms with E-state index in [-0.39, 0.29) is 22.7 Å². The number of carbonyl (C=O) groups is 1. The molecule has 0 aliphatic heterocycles. The van der Waals surface area contributed by atoms with E-state index < -0.39 is 23.6 Å². The quantitative estimate of drug-likeness (QED) is 0.675. The molecule has 0 aromatic carbocycles. The van der Waals surface area contributed by atoms with Crippen LogP contribution in [0.5, 0.6) is 0 Å². The number of aliphatic carboxylic acids is 1. The second-order valence-electron chi connectivity index (χ2n) is 7.68. The zero-order chi connectivity index (χ0) is 14.2. The van der Waals surface area contributed by atoms with Gasteiger partial charge in [-0.2, -0.15) is 0 Å². The largest absolute Gasteiger partial charge is 0.481 e. The van der Waals surface area contributed by atoms with Crippen molar-refractivity contribution < 1.29 is 20.1 Å². The molecule has 0 spiro atoms. The third kappa shape index (κ3) is 1.25. The van der Waals surface area contributed by atoms with Crippen molar-refractivity contribution in [3.63, 3.8) is 0 Å². The molecule has 0 aromatic rings. The summed E-state index contributed by atoms with van der Waals surface area (Å²) in [6.07, 6.45) is 1.87. The normalized spacial score (nSPS) is 60.1. The van der Waals surface area contributed by atoms with Crippen molar-refractivity contribution in [1.82, 2.24) is 0 Å². The molecule has 19 heavy (non-hydrogen) atoms. The van der Waals surface area contributed by atoms with Gasteiger partial charge in [0.15, 0.2) is 0 Å². The van der Waals surface area contributed by atoms with Crippen LogP contribution in [0.15, 0.2) is 0 Å². The number of carboxylic acids is 1. The van der Waals surface area contributed by atoms with Crippen LogP contribution in [-0.2, 0) is 4.79 Å². The van der Waals surface area contributed by atoms with Crippen molar-refractivity contribution in [3.8, 4) is 0 Å². The van der Waals surface area contributed by atoms with Gasteiger partial charge in [-0.05, 0) is 37.5 Å². The summed E-state index contributed by atoms with van der Waals surface area (Å²) in [5.41, 5.74) is -1.40. The minimum Gasteiger partial charge on any atom is -0.481 e. The number of rotatable bonds is 1. The summed E-state index contributed by atoms with van der Waals surface area (Å²) in [4.78, 5) is 11.8. The van der Waals surface area contributed by atoms with Crippen LogP contribution in [0.3, 0.4) is 0 Å². The van der Waals surface area contributed by atoms with Crippen LogP contribution >= 0.6 is 0 Å². The number of hydrogen-bond donors (Lipinski definition) is 3. The molecule has 3 saturated carbocycles. The van der Waals surface area contributed by atoms with Crippen molar-refractivity contribution in [2.75, 3.05) is 0 Å². The maximum absolute atomic E-state index is 11.8. The summed E-state index contributed by atoms with van der Waals surface area (Å²) in [6, 6.07) is 0. The highest BCUT2D eigenvalue weighted by Crippen LogP contribution is 2.74. The summed E-state index contributed by atoms with van der Waals surface area (Å²) in [5, 5.41) is 30.8. The Hall–Kier alpha value is -0.610. The smallest absolute Gasteiger partial charge is 0.309 e. The van der Waals surface area contributed by atoms with E-state index in [0.29, 0.717) is 12.8 Å².